The molecule has 6 nitrogen and oxygen atoms in total. The molecule has 0 aliphatic carbocycles. The molecule has 0 fully saturated rings. The Morgan fingerprint density at radius 1 is 0.968 bits per heavy atom. The number of phenolic OH excluding ortho intramolecular Hbond substituents is 1. The molecule has 0 unspecified atom stereocenters. The zero-order valence-corrected chi connectivity index (χ0v) is 16.6. The predicted molar refractivity (Wildman–Crippen MR) is 119 cm³/mol. The summed E-state index contributed by atoms with van der Waals surface area (Å²) in [4.78, 5) is 21.2. The first kappa shape index (κ1) is 18.7. The van der Waals surface area contributed by atoms with E-state index in [9.17, 15) is 9.90 Å². The lowest BCUT2D eigenvalue weighted by atomic mass is 10.1. The lowest BCUT2D eigenvalue weighted by molar-refractivity contribution is 0.415. The number of imidazole rings is 1. The Morgan fingerprint density at radius 2 is 1.74 bits per heavy atom. The van der Waals surface area contributed by atoms with E-state index in [0.717, 1.165) is 28.3 Å². The normalized spacial score (nSPS) is 11.0. The van der Waals surface area contributed by atoms with Gasteiger partial charge < -0.3 is 19.2 Å². The summed E-state index contributed by atoms with van der Waals surface area (Å²) in [6.07, 6.45) is 1.37. The van der Waals surface area contributed by atoms with E-state index in [0.29, 0.717) is 22.4 Å². The SMILES string of the molecule is COc1ccc(-c2[nH]c(-c3coc4cc(O)ccc4c3=O)nc2-c2ccccc2)cc1. The van der Waals surface area contributed by atoms with Gasteiger partial charge in [-0.1, -0.05) is 30.3 Å². The van der Waals surface area contributed by atoms with E-state index in [1.807, 2.05) is 54.6 Å². The average molecular weight is 410 g/mol. The Hall–Kier alpha value is -4.32. The number of H-pyrrole nitrogens is 1. The van der Waals surface area contributed by atoms with Gasteiger partial charge in [-0.15, -0.1) is 0 Å². The standard InChI is InChI=1S/C25H18N2O4/c1-30-18-10-7-16(8-11-18)23-22(15-5-3-2-4-6-15)26-25(27-23)20-14-31-21-13-17(28)9-12-19(21)24(20)29/h2-14,28H,1H3,(H,26,27). The highest BCUT2D eigenvalue weighted by molar-refractivity contribution is 5.84. The van der Waals surface area contributed by atoms with Crippen molar-refractivity contribution in [3.05, 3.63) is 89.3 Å². The van der Waals surface area contributed by atoms with Crippen molar-refractivity contribution in [3.63, 3.8) is 0 Å². The first-order chi connectivity index (χ1) is 15.1. The van der Waals surface area contributed by atoms with Gasteiger partial charge in [0.15, 0.2) is 0 Å². The minimum Gasteiger partial charge on any atom is -0.508 e. The van der Waals surface area contributed by atoms with Crippen LogP contribution in [0.5, 0.6) is 11.5 Å². The summed E-state index contributed by atoms with van der Waals surface area (Å²) in [6, 6.07) is 21.8. The number of nitrogens with zero attached hydrogens (tertiary/aromatic N) is 1. The second kappa shape index (κ2) is 7.50. The predicted octanol–water partition coefficient (Wildman–Crippen LogP) is 5.23. The summed E-state index contributed by atoms with van der Waals surface area (Å²) in [6.45, 7) is 0. The van der Waals surface area contributed by atoms with E-state index in [1.54, 1.807) is 13.2 Å². The molecule has 0 atom stereocenters. The number of aromatic amines is 1. The Bertz CT molecular complexity index is 1430. The fraction of sp³-hybridized carbons (Fsp3) is 0.0400. The van der Waals surface area contributed by atoms with E-state index < -0.39 is 0 Å². The molecular formula is C25H18N2O4. The highest BCUT2D eigenvalue weighted by atomic mass is 16.5. The van der Waals surface area contributed by atoms with E-state index in [4.69, 9.17) is 14.1 Å². The Morgan fingerprint density at radius 3 is 2.48 bits per heavy atom. The van der Waals surface area contributed by atoms with Crippen LogP contribution in [-0.4, -0.2) is 22.2 Å². The van der Waals surface area contributed by atoms with Gasteiger partial charge in [-0.3, -0.25) is 4.79 Å². The Balaban J connectivity index is 1.71. The highest BCUT2D eigenvalue weighted by Crippen LogP contribution is 2.33. The van der Waals surface area contributed by atoms with Crippen molar-refractivity contribution < 1.29 is 14.3 Å². The number of aromatic hydroxyl groups is 1. The number of fused-ring (bicyclic) bond motifs is 1. The first-order valence-corrected chi connectivity index (χ1v) is 9.69. The third-order valence-electron chi connectivity index (χ3n) is 5.14. The first-order valence-electron chi connectivity index (χ1n) is 9.69. The van der Waals surface area contributed by atoms with Crippen molar-refractivity contribution in [2.45, 2.75) is 0 Å². The Kier molecular flexibility index (Phi) is 4.52. The molecule has 0 radical (unpaired) electrons. The summed E-state index contributed by atoms with van der Waals surface area (Å²) in [5, 5.41) is 10.0. The van der Waals surface area contributed by atoms with Gasteiger partial charge in [0, 0.05) is 17.2 Å². The van der Waals surface area contributed by atoms with Crippen LogP contribution in [0.1, 0.15) is 0 Å². The zero-order chi connectivity index (χ0) is 21.4. The molecule has 0 spiro atoms. The number of methoxy groups -OCH3 is 1. The summed E-state index contributed by atoms with van der Waals surface area (Å²) < 4.78 is 10.9. The highest BCUT2D eigenvalue weighted by Gasteiger charge is 2.18. The molecule has 5 aromatic rings. The van der Waals surface area contributed by atoms with Crippen LogP contribution >= 0.6 is 0 Å². The maximum atomic E-state index is 13.1. The number of aromatic nitrogens is 2. The fourth-order valence-corrected chi connectivity index (χ4v) is 3.55. The summed E-state index contributed by atoms with van der Waals surface area (Å²) in [5.41, 5.74) is 3.75. The lowest BCUT2D eigenvalue weighted by Crippen LogP contribution is -2.05. The number of rotatable bonds is 4. The Labute approximate surface area is 177 Å². The van der Waals surface area contributed by atoms with E-state index in [-0.39, 0.29) is 11.2 Å². The second-order valence-corrected chi connectivity index (χ2v) is 7.06. The van der Waals surface area contributed by atoms with Crippen LogP contribution in [0.25, 0.3) is 44.9 Å². The van der Waals surface area contributed by atoms with E-state index in [1.165, 1.54) is 18.4 Å². The molecule has 2 N–H and O–H groups in total. The maximum Gasteiger partial charge on any atom is 0.203 e. The minimum atomic E-state index is -0.226. The van der Waals surface area contributed by atoms with Crippen molar-refractivity contribution in [2.75, 3.05) is 7.11 Å². The zero-order valence-electron chi connectivity index (χ0n) is 16.6. The summed E-state index contributed by atoms with van der Waals surface area (Å²) >= 11 is 0. The van der Waals surface area contributed by atoms with Crippen LogP contribution in [0.3, 0.4) is 0 Å². The topological polar surface area (TPSA) is 88.4 Å². The van der Waals surface area contributed by atoms with Crippen LogP contribution in [0.15, 0.2) is 88.3 Å². The number of hydrogen-bond donors (Lipinski definition) is 2. The van der Waals surface area contributed by atoms with E-state index >= 15 is 0 Å². The molecule has 31 heavy (non-hydrogen) atoms. The van der Waals surface area contributed by atoms with Crippen LogP contribution in [0.2, 0.25) is 0 Å². The van der Waals surface area contributed by atoms with Crippen molar-refractivity contribution in [2.24, 2.45) is 0 Å². The summed E-state index contributed by atoms with van der Waals surface area (Å²) in [5.74, 6) is 1.20. The van der Waals surface area contributed by atoms with Crippen molar-refractivity contribution in [3.8, 4) is 45.4 Å². The molecule has 152 valence electrons. The second-order valence-electron chi connectivity index (χ2n) is 7.06. The fourth-order valence-electron chi connectivity index (χ4n) is 3.55. The molecule has 0 saturated carbocycles. The monoisotopic (exact) mass is 410 g/mol. The quantitative estimate of drug-likeness (QED) is 0.423. The number of nitrogens with one attached hydrogen (secondary N) is 1. The molecule has 6 heteroatoms. The number of benzene rings is 3. The number of hydrogen-bond acceptors (Lipinski definition) is 5. The van der Waals surface area contributed by atoms with Gasteiger partial charge in [0.25, 0.3) is 0 Å². The van der Waals surface area contributed by atoms with Crippen LogP contribution in [-0.2, 0) is 0 Å². The molecule has 0 saturated heterocycles. The van der Waals surface area contributed by atoms with Gasteiger partial charge in [0.2, 0.25) is 5.43 Å². The lowest BCUT2D eigenvalue weighted by Gasteiger charge is -2.04. The minimum absolute atomic E-state index is 0.0366. The molecule has 0 amide bonds. The van der Waals surface area contributed by atoms with Crippen molar-refractivity contribution >= 4 is 11.0 Å². The third kappa shape index (κ3) is 3.34. The molecule has 3 aromatic carbocycles. The molecule has 5 rings (SSSR count). The third-order valence-corrected chi connectivity index (χ3v) is 5.14. The van der Waals surface area contributed by atoms with Crippen LogP contribution in [0, 0.1) is 0 Å². The number of phenols is 1. The van der Waals surface area contributed by atoms with Gasteiger partial charge in [-0.2, -0.15) is 0 Å². The van der Waals surface area contributed by atoms with E-state index in [2.05, 4.69) is 4.98 Å². The smallest absolute Gasteiger partial charge is 0.203 e. The maximum absolute atomic E-state index is 13.1. The molecule has 2 heterocycles. The summed E-state index contributed by atoms with van der Waals surface area (Å²) in [7, 11) is 1.62. The van der Waals surface area contributed by atoms with Gasteiger partial charge in [0.05, 0.1) is 23.9 Å². The van der Waals surface area contributed by atoms with Crippen LogP contribution in [0.4, 0.5) is 0 Å². The van der Waals surface area contributed by atoms with Gasteiger partial charge in [-0.05, 0) is 36.4 Å². The van der Waals surface area contributed by atoms with Crippen LogP contribution < -0.4 is 10.2 Å². The molecule has 2 aromatic heterocycles. The van der Waals surface area contributed by atoms with Crippen molar-refractivity contribution in [1.82, 2.24) is 9.97 Å². The van der Waals surface area contributed by atoms with Gasteiger partial charge in [0.1, 0.15) is 34.7 Å². The largest absolute Gasteiger partial charge is 0.508 e. The van der Waals surface area contributed by atoms with Crippen molar-refractivity contribution in [1.29, 1.82) is 0 Å². The molecular weight excluding hydrogens is 392 g/mol. The van der Waals surface area contributed by atoms with Gasteiger partial charge >= 0.3 is 0 Å². The molecule has 0 aliphatic rings. The average Bonchev–Trinajstić information content (AvgIpc) is 3.25. The van der Waals surface area contributed by atoms with Gasteiger partial charge in [-0.25, -0.2) is 4.98 Å². The molecule has 0 aliphatic heterocycles. The number of ether oxygens (including phenoxy) is 1. The molecule has 0 bridgehead atoms.